The Hall–Kier alpha value is -3.88. The lowest BCUT2D eigenvalue weighted by Crippen LogP contribution is -2.29. The van der Waals surface area contributed by atoms with Gasteiger partial charge in [0.25, 0.3) is 11.5 Å². The molecule has 0 unspecified atom stereocenters. The number of carbonyl (C=O) groups is 2. The van der Waals surface area contributed by atoms with Crippen LogP contribution in [0, 0.1) is 0 Å². The zero-order valence-electron chi connectivity index (χ0n) is 16.4. The molecule has 0 saturated carbocycles. The normalized spacial score (nSPS) is 11.1. The SMILES string of the molecule is CC(=O)Nc1ccc(NC(=O)c2cccn(Cc3ccc(C(F)(F)F)cc3)c2=O)cc1. The smallest absolute Gasteiger partial charge is 0.326 e. The number of hydrogen-bond donors (Lipinski definition) is 2. The molecular weight excluding hydrogens is 411 g/mol. The monoisotopic (exact) mass is 429 g/mol. The summed E-state index contributed by atoms with van der Waals surface area (Å²) in [5.41, 5.74) is 0.0123. The second-order valence-electron chi connectivity index (χ2n) is 6.76. The Balaban J connectivity index is 1.75. The molecule has 2 N–H and O–H groups in total. The van der Waals surface area contributed by atoms with Crippen LogP contribution < -0.4 is 16.2 Å². The number of amides is 2. The van der Waals surface area contributed by atoms with Crippen molar-refractivity contribution < 1.29 is 22.8 Å². The number of nitrogens with zero attached hydrogens (tertiary/aromatic N) is 1. The minimum absolute atomic E-state index is 0.0174. The molecular formula is C22H18F3N3O3. The van der Waals surface area contributed by atoms with E-state index in [4.69, 9.17) is 0 Å². The van der Waals surface area contributed by atoms with Gasteiger partial charge in [-0.1, -0.05) is 12.1 Å². The summed E-state index contributed by atoms with van der Waals surface area (Å²) in [6.07, 6.45) is -2.98. The fraction of sp³-hybridized carbons (Fsp3) is 0.136. The third kappa shape index (κ3) is 5.59. The molecule has 9 heteroatoms. The van der Waals surface area contributed by atoms with Crippen molar-refractivity contribution in [3.05, 3.63) is 93.9 Å². The average Bonchev–Trinajstić information content (AvgIpc) is 2.70. The van der Waals surface area contributed by atoms with Crippen molar-refractivity contribution in [2.24, 2.45) is 0 Å². The molecule has 0 fully saturated rings. The van der Waals surface area contributed by atoms with E-state index >= 15 is 0 Å². The second-order valence-corrected chi connectivity index (χ2v) is 6.76. The van der Waals surface area contributed by atoms with Gasteiger partial charge in [-0.25, -0.2) is 0 Å². The van der Waals surface area contributed by atoms with Crippen molar-refractivity contribution >= 4 is 23.2 Å². The number of aromatic nitrogens is 1. The van der Waals surface area contributed by atoms with Gasteiger partial charge in [-0.05, 0) is 54.1 Å². The van der Waals surface area contributed by atoms with Crippen LogP contribution in [-0.4, -0.2) is 16.4 Å². The molecule has 0 saturated heterocycles. The molecule has 0 radical (unpaired) electrons. The summed E-state index contributed by atoms with van der Waals surface area (Å²) in [6.45, 7) is 1.39. The molecule has 0 atom stereocenters. The first-order chi connectivity index (χ1) is 14.6. The van der Waals surface area contributed by atoms with Gasteiger partial charge >= 0.3 is 6.18 Å². The maximum absolute atomic E-state index is 12.7. The summed E-state index contributed by atoms with van der Waals surface area (Å²) >= 11 is 0. The summed E-state index contributed by atoms with van der Waals surface area (Å²) in [6, 6.07) is 13.7. The van der Waals surface area contributed by atoms with Crippen molar-refractivity contribution in [2.75, 3.05) is 10.6 Å². The van der Waals surface area contributed by atoms with E-state index in [1.54, 1.807) is 24.3 Å². The Labute approximate surface area is 175 Å². The topological polar surface area (TPSA) is 80.2 Å². The Morgan fingerprint density at radius 1 is 0.903 bits per heavy atom. The first kappa shape index (κ1) is 21.8. The van der Waals surface area contributed by atoms with Gasteiger partial charge in [0.15, 0.2) is 0 Å². The quantitative estimate of drug-likeness (QED) is 0.640. The van der Waals surface area contributed by atoms with Crippen molar-refractivity contribution in [3.8, 4) is 0 Å². The van der Waals surface area contributed by atoms with Crippen LogP contribution in [0.1, 0.15) is 28.4 Å². The number of hydrogen-bond acceptors (Lipinski definition) is 3. The highest BCUT2D eigenvalue weighted by atomic mass is 19.4. The number of alkyl halides is 3. The zero-order chi connectivity index (χ0) is 22.6. The van der Waals surface area contributed by atoms with Crippen molar-refractivity contribution in [1.82, 2.24) is 4.57 Å². The standard InChI is InChI=1S/C22H18F3N3O3/c1-14(29)26-17-8-10-18(11-9-17)27-20(30)19-3-2-12-28(21(19)31)13-15-4-6-16(7-5-15)22(23,24)25/h2-12H,13H2,1H3,(H,26,29)(H,27,30). The predicted molar refractivity (Wildman–Crippen MR) is 110 cm³/mol. The van der Waals surface area contributed by atoms with E-state index in [0.29, 0.717) is 16.9 Å². The highest BCUT2D eigenvalue weighted by Crippen LogP contribution is 2.29. The van der Waals surface area contributed by atoms with Gasteiger partial charge < -0.3 is 15.2 Å². The lowest BCUT2D eigenvalue weighted by Gasteiger charge is -2.11. The number of anilines is 2. The molecule has 6 nitrogen and oxygen atoms in total. The lowest BCUT2D eigenvalue weighted by molar-refractivity contribution is -0.137. The van der Waals surface area contributed by atoms with E-state index in [1.807, 2.05) is 0 Å². The summed E-state index contributed by atoms with van der Waals surface area (Å²) < 4.78 is 39.3. The number of halogens is 3. The van der Waals surface area contributed by atoms with Crippen LogP contribution in [0.3, 0.4) is 0 Å². The summed E-state index contributed by atoms with van der Waals surface area (Å²) in [7, 11) is 0. The molecule has 0 aliphatic rings. The number of carbonyl (C=O) groups excluding carboxylic acids is 2. The third-order valence-corrected chi connectivity index (χ3v) is 4.36. The fourth-order valence-electron chi connectivity index (χ4n) is 2.87. The van der Waals surface area contributed by atoms with E-state index in [2.05, 4.69) is 10.6 Å². The van der Waals surface area contributed by atoms with E-state index < -0.39 is 23.2 Å². The van der Waals surface area contributed by atoms with Crippen LogP contribution in [0.2, 0.25) is 0 Å². The molecule has 2 amide bonds. The van der Waals surface area contributed by atoms with Crippen LogP contribution in [-0.2, 0) is 17.5 Å². The van der Waals surface area contributed by atoms with Crippen LogP contribution in [0.15, 0.2) is 71.7 Å². The summed E-state index contributed by atoms with van der Waals surface area (Å²) in [4.78, 5) is 36.3. The maximum atomic E-state index is 12.7. The highest BCUT2D eigenvalue weighted by Gasteiger charge is 2.29. The van der Waals surface area contributed by atoms with Crippen LogP contribution in [0.25, 0.3) is 0 Å². The van der Waals surface area contributed by atoms with Gasteiger partial charge in [-0.2, -0.15) is 13.2 Å². The Bertz CT molecular complexity index is 1150. The number of nitrogens with one attached hydrogen (secondary N) is 2. The largest absolute Gasteiger partial charge is 0.416 e. The van der Waals surface area contributed by atoms with Gasteiger partial charge in [0.1, 0.15) is 5.56 Å². The summed E-state index contributed by atoms with van der Waals surface area (Å²) in [5.74, 6) is -0.853. The first-order valence-corrected chi connectivity index (χ1v) is 9.18. The molecule has 0 spiro atoms. The molecule has 3 rings (SSSR count). The molecule has 0 bridgehead atoms. The minimum atomic E-state index is -4.44. The van der Waals surface area contributed by atoms with Crippen LogP contribution in [0.4, 0.5) is 24.5 Å². The van der Waals surface area contributed by atoms with Gasteiger partial charge in [0.05, 0.1) is 12.1 Å². The average molecular weight is 429 g/mol. The minimum Gasteiger partial charge on any atom is -0.326 e. The van der Waals surface area contributed by atoms with Crippen molar-refractivity contribution in [1.29, 1.82) is 0 Å². The molecule has 0 aliphatic heterocycles. The molecule has 31 heavy (non-hydrogen) atoms. The van der Waals surface area contributed by atoms with Gasteiger partial charge in [0.2, 0.25) is 5.91 Å². The Morgan fingerprint density at radius 2 is 1.48 bits per heavy atom. The predicted octanol–water partition coefficient (Wildman–Crippen LogP) is 4.13. The summed E-state index contributed by atoms with van der Waals surface area (Å²) in [5, 5.41) is 5.21. The number of benzene rings is 2. The van der Waals surface area contributed by atoms with Gasteiger partial charge in [-0.3, -0.25) is 14.4 Å². The van der Waals surface area contributed by atoms with E-state index in [1.165, 1.54) is 42.0 Å². The Morgan fingerprint density at radius 3 is 2.03 bits per heavy atom. The second kappa shape index (κ2) is 8.86. The van der Waals surface area contributed by atoms with Crippen molar-refractivity contribution in [2.45, 2.75) is 19.6 Å². The molecule has 3 aromatic rings. The molecule has 0 aliphatic carbocycles. The number of pyridine rings is 1. The molecule has 1 aromatic heterocycles. The third-order valence-electron chi connectivity index (χ3n) is 4.36. The van der Waals surface area contributed by atoms with E-state index in [-0.39, 0.29) is 18.0 Å². The fourth-order valence-corrected chi connectivity index (χ4v) is 2.87. The van der Waals surface area contributed by atoms with Gasteiger partial charge in [0, 0.05) is 24.5 Å². The Kier molecular flexibility index (Phi) is 6.24. The van der Waals surface area contributed by atoms with Crippen molar-refractivity contribution in [3.63, 3.8) is 0 Å². The first-order valence-electron chi connectivity index (χ1n) is 9.18. The zero-order valence-corrected chi connectivity index (χ0v) is 16.4. The molecule has 160 valence electrons. The highest BCUT2D eigenvalue weighted by molar-refractivity contribution is 6.04. The number of rotatable bonds is 5. The maximum Gasteiger partial charge on any atom is 0.416 e. The lowest BCUT2D eigenvalue weighted by atomic mass is 10.1. The van der Waals surface area contributed by atoms with Crippen LogP contribution in [0.5, 0.6) is 0 Å². The molecule has 1 heterocycles. The molecule has 2 aromatic carbocycles. The van der Waals surface area contributed by atoms with Crippen LogP contribution >= 0.6 is 0 Å². The van der Waals surface area contributed by atoms with E-state index in [0.717, 1.165) is 12.1 Å². The van der Waals surface area contributed by atoms with Gasteiger partial charge in [-0.15, -0.1) is 0 Å². The van der Waals surface area contributed by atoms with E-state index in [9.17, 15) is 27.6 Å².